The quantitative estimate of drug-likeness (QED) is 0.498. The Labute approximate surface area is 195 Å². The zero-order valence-corrected chi connectivity index (χ0v) is 21.2. The topological polar surface area (TPSA) is 20.2 Å². The minimum atomic E-state index is 0.321. The molecule has 0 heterocycles. The zero-order chi connectivity index (χ0) is 22.4. The van der Waals surface area contributed by atoms with E-state index in [0.29, 0.717) is 43.7 Å². The highest BCUT2D eigenvalue weighted by atomic mass is 16.3. The van der Waals surface area contributed by atoms with E-state index >= 15 is 0 Å². The van der Waals surface area contributed by atoms with Crippen molar-refractivity contribution in [3.63, 3.8) is 0 Å². The van der Waals surface area contributed by atoms with Crippen LogP contribution in [0.3, 0.4) is 0 Å². The van der Waals surface area contributed by atoms with Gasteiger partial charge in [-0.25, -0.2) is 0 Å². The van der Waals surface area contributed by atoms with Crippen LogP contribution in [0.1, 0.15) is 116 Å². The second kappa shape index (κ2) is 5.46. The Balaban J connectivity index is 1.40. The van der Waals surface area contributed by atoms with Crippen LogP contribution >= 0.6 is 0 Å². The van der Waals surface area contributed by atoms with Gasteiger partial charge in [0, 0.05) is 0 Å². The van der Waals surface area contributed by atoms with Crippen LogP contribution in [0.2, 0.25) is 0 Å². The summed E-state index contributed by atoms with van der Waals surface area (Å²) in [5.41, 5.74) is 6.22. The third-order valence-electron chi connectivity index (χ3n) is 12.2. The Morgan fingerprint density at radius 3 is 1.78 bits per heavy atom. The van der Waals surface area contributed by atoms with Crippen molar-refractivity contribution in [2.24, 2.45) is 38.4 Å². The summed E-state index contributed by atoms with van der Waals surface area (Å²) in [6.07, 6.45) is 17.7. The molecule has 1 aromatic carbocycles. The van der Waals surface area contributed by atoms with Crippen LogP contribution in [0.4, 0.5) is 0 Å². The molecule has 4 atom stereocenters. The molecule has 0 spiro atoms. The fourth-order valence-corrected chi connectivity index (χ4v) is 13.6. The maximum atomic E-state index is 10.3. The van der Waals surface area contributed by atoms with E-state index < -0.39 is 0 Å². The lowest BCUT2D eigenvalue weighted by molar-refractivity contribution is -0.270. The maximum absolute atomic E-state index is 10.3. The van der Waals surface area contributed by atoms with Crippen molar-refractivity contribution in [3.8, 4) is 5.75 Å². The lowest BCUT2D eigenvalue weighted by Gasteiger charge is -2.78. The average Bonchev–Trinajstić information content (AvgIpc) is 2.57. The molecule has 9 rings (SSSR count). The number of aromatic hydroxyl groups is 1. The Morgan fingerprint density at radius 2 is 1.22 bits per heavy atom. The minimum Gasteiger partial charge on any atom is -0.508 e. The van der Waals surface area contributed by atoms with E-state index in [0.717, 1.165) is 11.5 Å². The summed E-state index contributed by atoms with van der Waals surface area (Å²) in [7, 11) is 0. The Hall–Kier alpha value is -0.980. The van der Waals surface area contributed by atoms with E-state index in [4.69, 9.17) is 0 Å². The second-order valence-electron chi connectivity index (χ2n) is 16.2. The first-order valence-corrected chi connectivity index (χ1v) is 13.6. The zero-order valence-electron chi connectivity index (χ0n) is 21.2. The van der Waals surface area contributed by atoms with E-state index in [-0.39, 0.29) is 0 Å². The molecule has 174 valence electrons. The minimum absolute atomic E-state index is 0.321. The smallest absolute Gasteiger partial charge is 0.118 e. The first-order chi connectivity index (χ1) is 14.8. The van der Waals surface area contributed by atoms with Gasteiger partial charge in [-0.05, 0) is 145 Å². The summed E-state index contributed by atoms with van der Waals surface area (Å²) in [4.78, 5) is 0. The SMILES string of the molecule is Cc1cc(C23CC4(C)CC(C)(C2)CC(C25CC6CC(C)(CC(C)(C6)C2)C5)(C4)C3)ccc1O. The van der Waals surface area contributed by atoms with Gasteiger partial charge in [0.2, 0.25) is 0 Å². The van der Waals surface area contributed by atoms with Gasteiger partial charge in [-0.3, -0.25) is 0 Å². The van der Waals surface area contributed by atoms with Crippen LogP contribution < -0.4 is 0 Å². The molecule has 8 fully saturated rings. The molecule has 0 amide bonds. The summed E-state index contributed by atoms with van der Waals surface area (Å²) in [5, 5.41) is 10.3. The molecule has 8 bridgehead atoms. The first-order valence-electron chi connectivity index (χ1n) is 13.6. The monoisotopic (exact) mass is 432 g/mol. The van der Waals surface area contributed by atoms with Crippen molar-refractivity contribution < 1.29 is 5.11 Å². The lowest BCUT2D eigenvalue weighted by Crippen LogP contribution is -2.69. The van der Waals surface area contributed by atoms with E-state index in [1.165, 1.54) is 77.0 Å². The molecule has 1 aromatic rings. The summed E-state index contributed by atoms with van der Waals surface area (Å²) in [5.74, 6) is 1.45. The van der Waals surface area contributed by atoms with Gasteiger partial charge in [0.25, 0.3) is 0 Å². The second-order valence-corrected chi connectivity index (χ2v) is 16.2. The van der Waals surface area contributed by atoms with Crippen LogP contribution in [-0.4, -0.2) is 5.11 Å². The van der Waals surface area contributed by atoms with E-state index in [1.807, 2.05) is 6.07 Å². The van der Waals surface area contributed by atoms with Gasteiger partial charge in [-0.2, -0.15) is 0 Å². The van der Waals surface area contributed by atoms with Gasteiger partial charge in [-0.15, -0.1) is 0 Å². The number of phenols is 1. The number of rotatable bonds is 2. The van der Waals surface area contributed by atoms with E-state index in [9.17, 15) is 5.11 Å². The van der Waals surface area contributed by atoms with Crippen molar-refractivity contribution in [2.45, 2.75) is 117 Å². The highest BCUT2D eigenvalue weighted by molar-refractivity contribution is 5.42. The highest BCUT2D eigenvalue weighted by Crippen LogP contribution is 2.83. The van der Waals surface area contributed by atoms with Crippen molar-refractivity contribution in [2.75, 3.05) is 0 Å². The molecule has 0 radical (unpaired) electrons. The van der Waals surface area contributed by atoms with Crippen molar-refractivity contribution in [1.29, 1.82) is 0 Å². The number of aryl methyl sites for hydroxylation is 1. The fraction of sp³-hybridized carbons (Fsp3) is 0.806. The number of hydrogen-bond acceptors (Lipinski definition) is 1. The van der Waals surface area contributed by atoms with Gasteiger partial charge in [0.15, 0.2) is 0 Å². The summed E-state index contributed by atoms with van der Waals surface area (Å²) >= 11 is 0. The molecule has 0 saturated heterocycles. The van der Waals surface area contributed by atoms with Crippen LogP contribution in [0.5, 0.6) is 5.75 Å². The highest BCUT2D eigenvalue weighted by Gasteiger charge is 2.74. The molecule has 8 saturated carbocycles. The molecule has 8 aliphatic carbocycles. The predicted octanol–water partition coefficient (Wildman–Crippen LogP) is 8.32. The third kappa shape index (κ3) is 2.47. The van der Waals surface area contributed by atoms with Gasteiger partial charge in [-0.1, -0.05) is 39.8 Å². The molecule has 8 aliphatic rings. The van der Waals surface area contributed by atoms with E-state index in [1.54, 1.807) is 5.56 Å². The molecular weight excluding hydrogens is 388 g/mol. The van der Waals surface area contributed by atoms with E-state index in [2.05, 4.69) is 46.8 Å². The normalized spacial score (nSPS) is 57.3. The van der Waals surface area contributed by atoms with Gasteiger partial charge in [0.05, 0.1) is 0 Å². The summed E-state index contributed by atoms with van der Waals surface area (Å²) in [6.45, 7) is 12.8. The van der Waals surface area contributed by atoms with Crippen LogP contribution in [-0.2, 0) is 5.41 Å². The summed E-state index contributed by atoms with van der Waals surface area (Å²) in [6, 6.07) is 6.66. The Morgan fingerprint density at radius 1 is 0.656 bits per heavy atom. The number of phenolic OH excluding ortho intramolecular Hbond substituents is 1. The largest absolute Gasteiger partial charge is 0.508 e. The van der Waals surface area contributed by atoms with Crippen molar-refractivity contribution in [3.05, 3.63) is 29.3 Å². The molecule has 4 unspecified atom stereocenters. The Kier molecular flexibility index (Phi) is 3.48. The molecule has 1 N–H and O–H groups in total. The Bertz CT molecular complexity index is 981. The number of hydrogen-bond donors (Lipinski definition) is 1. The first kappa shape index (κ1) is 20.4. The third-order valence-corrected chi connectivity index (χ3v) is 12.2. The van der Waals surface area contributed by atoms with Gasteiger partial charge >= 0.3 is 0 Å². The number of benzene rings is 1. The molecule has 0 aromatic heterocycles. The van der Waals surface area contributed by atoms with Crippen molar-refractivity contribution >= 4 is 0 Å². The fourth-order valence-electron chi connectivity index (χ4n) is 13.6. The maximum Gasteiger partial charge on any atom is 0.118 e. The molecule has 32 heavy (non-hydrogen) atoms. The molecular formula is C31H44O. The van der Waals surface area contributed by atoms with Gasteiger partial charge < -0.3 is 5.11 Å². The van der Waals surface area contributed by atoms with Crippen LogP contribution in [0.25, 0.3) is 0 Å². The van der Waals surface area contributed by atoms with Crippen LogP contribution in [0, 0.1) is 45.3 Å². The predicted molar refractivity (Wildman–Crippen MR) is 131 cm³/mol. The van der Waals surface area contributed by atoms with Gasteiger partial charge in [0.1, 0.15) is 5.75 Å². The molecule has 0 aliphatic heterocycles. The molecule has 1 nitrogen and oxygen atoms in total. The van der Waals surface area contributed by atoms with Crippen molar-refractivity contribution in [1.82, 2.24) is 0 Å². The molecule has 1 heteroatoms. The average molecular weight is 433 g/mol. The van der Waals surface area contributed by atoms with Crippen LogP contribution in [0.15, 0.2) is 18.2 Å². The lowest BCUT2D eigenvalue weighted by atomic mass is 9.26. The summed E-state index contributed by atoms with van der Waals surface area (Å²) < 4.78 is 0. The standard InChI is InChI=1S/C31H44O/c1-21-8-23(6-7-24(21)32)29-14-27(4)13-28(5,15-29)19-31(18-27,20-29)30-11-22-9-25(2,16-30)12-26(3,10-22)17-30/h6-8,22,32H,9-20H2,1-5H3.